The summed E-state index contributed by atoms with van der Waals surface area (Å²) in [7, 11) is 1.91. The van der Waals surface area contributed by atoms with Gasteiger partial charge >= 0.3 is 0 Å². The van der Waals surface area contributed by atoms with Crippen molar-refractivity contribution < 1.29 is 0 Å². The molecule has 0 saturated carbocycles. The van der Waals surface area contributed by atoms with Crippen LogP contribution in [0, 0.1) is 13.8 Å². The van der Waals surface area contributed by atoms with Gasteiger partial charge in [0.2, 0.25) is 5.95 Å². The van der Waals surface area contributed by atoms with Gasteiger partial charge in [0.25, 0.3) is 0 Å². The Morgan fingerprint density at radius 1 is 1.38 bits per heavy atom. The number of nitrogens with two attached hydrogens (primary N) is 1. The maximum Gasteiger partial charge on any atom is 0.221 e. The van der Waals surface area contributed by atoms with Crippen molar-refractivity contribution in [2.45, 2.75) is 23.9 Å². The van der Waals surface area contributed by atoms with Crippen LogP contribution in [0.15, 0.2) is 22.3 Å². The minimum atomic E-state index is 0.298. The zero-order chi connectivity index (χ0) is 11.7. The van der Waals surface area contributed by atoms with E-state index in [9.17, 15) is 0 Å². The molecular weight excluding hydrogens is 222 g/mol. The maximum absolute atomic E-state index is 5.57. The van der Waals surface area contributed by atoms with E-state index in [-0.39, 0.29) is 0 Å². The molecule has 0 atom stereocenters. The molecule has 0 radical (unpaired) electrons. The average Bonchev–Trinajstić information content (AvgIpc) is 2.51. The van der Waals surface area contributed by atoms with Gasteiger partial charge < -0.3 is 5.73 Å². The van der Waals surface area contributed by atoms with E-state index < -0.39 is 0 Å². The second kappa shape index (κ2) is 4.13. The average molecular weight is 235 g/mol. The van der Waals surface area contributed by atoms with Crippen LogP contribution in [0.1, 0.15) is 11.3 Å². The lowest BCUT2D eigenvalue weighted by Gasteiger charge is -2.04. The van der Waals surface area contributed by atoms with Gasteiger partial charge in [0.1, 0.15) is 10.1 Å². The molecule has 2 aromatic rings. The second-order valence-electron chi connectivity index (χ2n) is 3.57. The fraction of sp³-hybridized carbons (Fsp3) is 0.300. The SMILES string of the molecule is Cc1cc(Sc2nc(N)ncc2C)n(C)n1. The third-order valence-corrected chi connectivity index (χ3v) is 3.30. The molecule has 0 aliphatic heterocycles. The lowest BCUT2D eigenvalue weighted by molar-refractivity contribution is 0.692. The standard InChI is InChI=1S/C10H13N5S/c1-6-5-12-10(11)13-9(6)16-8-4-7(2)14-15(8)3/h4-5H,1-3H3,(H2,11,12,13). The van der Waals surface area contributed by atoms with Gasteiger partial charge in [0.05, 0.1) is 5.69 Å². The van der Waals surface area contributed by atoms with Crippen LogP contribution < -0.4 is 5.73 Å². The predicted molar refractivity (Wildman–Crippen MR) is 63.2 cm³/mol. The fourth-order valence-corrected chi connectivity index (χ4v) is 2.28. The third kappa shape index (κ3) is 2.16. The lowest BCUT2D eigenvalue weighted by atomic mass is 10.4. The number of nitrogen functional groups attached to an aromatic ring is 1. The second-order valence-corrected chi connectivity index (χ2v) is 4.58. The van der Waals surface area contributed by atoms with Crippen LogP contribution >= 0.6 is 11.8 Å². The Kier molecular flexibility index (Phi) is 2.82. The highest BCUT2D eigenvalue weighted by Crippen LogP contribution is 2.28. The van der Waals surface area contributed by atoms with E-state index in [1.165, 1.54) is 0 Å². The molecule has 0 amide bonds. The molecule has 0 aliphatic carbocycles. The Morgan fingerprint density at radius 2 is 2.12 bits per heavy atom. The molecule has 84 valence electrons. The number of rotatable bonds is 2. The Labute approximate surface area is 98.1 Å². The Hall–Kier alpha value is -1.56. The topological polar surface area (TPSA) is 69.6 Å². The van der Waals surface area contributed by atoms with Crippen LogP contribution in [-0.4, -0.2) is 19.7 Å². The van der Waals surface area contributed by atoms with Crippen molar-refractivity contribution >= 4 is 17.7 Å². The van der Waals surface area contributed by atoms with E-state index in [0.717, 1.165) is 21.3 Å². The summed E-state index contributed by atoms with van der Waals surface area (Å²) in [5.41, 5.74) is 7.57. The summed E-state index contributed by atoms with van der Waals surface area (Å²) in [4.78, 5) is 8.15. The summed E-state index contributed by atoms with van der Waals surface area (Å²) in [6.07, 6.45) is 1.73. The van der Waals surface area contributed by atoms with Crippen LogP contribution in [0.2, 0.25) is 0 Å². The zero-order valence-corrected chi connectivity index (χ0v) is 10.2. The highest BCUT2D eigenvalue weighted by Gasteiger charge is 2.08. The summed E-state index contributed by atoms with van der Waals surface area (Å²) in [6.45, 7) is 3.93. The first-order chi connectivity index (χ1) is 7.56. The molecule has 0 unspecified atom stereocenters. The lowest BCUT2D eigenvalue weighted by Crippen LogP contribution is -1.98. The van der Waals surface area contributed by atoms with Crippen LogP contribution in [0.3, 0.4) is 0 Å². The molecule has 0 aliphatic rings. The monoisotopic (exact) mass is 235 g/mol. The highest BCUT2D eigenvalue weighted by molar-refractivity contribution is 7.99. The van der Waals surface area contributed by atoms with Crippen LogP contribution in [0.4, 0.5) is 5.95 Å². The van der Waals surface area contributed by atoms with E-state index in [2.05, 4.69) is 15.1 Å². The number of anilines is 1. The Morgan fingerprint density at radius 3 is 2.75 bits per heavy atom. The van der Waals surface area contributed by atoms with Crippen LogP contribution in [0.5, 0.6) is 0 Å². The van der Waals surface area contributed by atoms with Crippen molar-refractivity contribution in [3.8, 4) is 0 Å². The molecule has 0 aromatic carbocycles. The molecule has 16 heavy (non-hydrogen) atoms. The van der Waals surface area contributed by atoms with E-state index >= 15 is 0 Å². The molecule has 6 heteroatoms. The summed E-state index contributed by atoms with van der Waals surface area (Å²) in [5.74, 6) is 0.298. The number of aryl methyl sites for hydroxylation is 3. The highest BCUT2D eigenvalue weighted by atomic mass is 32.2. The summed E-state index contributed by atoms with van der Waals surface area (Å²) in [5, 5.41) is 6.19. The summed E-state index contributed by atoms with van der Waals surface area (Å²) >= 11 is 1.55. The molecule has 0 spiro atoms. The summed E-state index contributed by atoms with van der Waals surface area (Å²) in [6, 6.07) is 2.02. The molecule has 2 rings (SSSR count). The molecule has 5 nitrogen and oxygen atoms in total. The minimum absolute atomic E-state index is 0.298. The van der Waals surface area contributed by atoms with Crippen molar-refractivity contribution in [3.05, 3.63) is 23.5 Å². The fourth-order valence-electron chi connectivity index (χ4n) is 1.32. The van der Waals surface area contributed by atoms with Gasteiger partial charge in [-0.25, -0.2) is 9.97 Å². The molecule has 0 saturated heterocycles. The van der Waals surface area contributed by atoms with Gasteiger partial charge in [-0.05, 0) is 31.7 Å². The van der Waals surface area contributed by atoms with Crippen LogP contribution in [0.25, 0.3) is 0 Å². The van der Waals surface area contributed by atoms with E-state index in [1.807, 2.05) is 31.6 Å². The minimum Gasteiger partial charge on any atom is -0.368 e. The number of aromatic nitrogens is 4. The van der Waals surface area contributed by atoms with Gasteiger partial charge in [-0.1, -0.05) is 0 Å². The molecule has 2 aromatic heterocycles. The first-order valence-electron chi connectivity index (χ1n) is 4.84. The van der Waals surface area contributed by atoms with Crippen molar-refractivity contribution in [3.63, 3.8) is 0 Å². The molecule has 0 fully saturated rings. The van der Waals surface area contributed by atoms with E-state index in [4.69, 9.17) is 5.73 Å². The molecule has 2 N–H and O–H groups in total. The van der Waals surface area contributed by atoms with Crippen molar-refractivity contribution in [2.75, 3.05) is 5.73 Å². The quantitative estimate of drug-likeness (QED) is 0.800. The largest absolute Gasteiger partial charge is 0.368 e. The Bertz CT molecular complexity index is 520. The first kappa shape index (κ1) is 10.9. The van der Waals surface area contributed by atoms with Gasteiger partial charge in [-0.3, -0.25) is 4.68 Å². The van der Waals surface area contributed by atoms with Crippen LogP contribution in [-0.2, 0) is 7.05 Å². The first-order valence-corrected chi connectivity index (χ1v) is 5.65. The number of hydrogen-bond donors (Lipinski definition) is 1. The molecule has 2 heterocycles. The van der Waals surface area contributed by atoms with Crippen molar-refractivity contribution in [2.24, 2.45) is 7.05 Å². The summed E-state index contributed by atoms with van der Waals surface area (Å²) < 4.78 is 1.83. The predicted octanol–water partition coefficient (Wildman–Crippen LogP) is 1.56. The third-order valence-electron chi connectivity index (χ3n) is 2.10. The van der Waals surface area contributed by atoms with Gasteiger partial charge in [0, 0.05) is 18.8 Å². The normalized spacial score (nSPS) is 10.7. The molecular formula is C10H13N5S. The van der Waals surface area contributed by atoms with Crippen molar-refractivity contribution in [1.29, 1.82) is 0 Å². The Balaban J connectivity index is 2.33. The van der Waals surface area contributed by atoms with Gasteiger partial charge in [0.15, 0.2) is 0 Å². The van der Waals surface area contributed by atoms with E-state index in [1.54, 1.807) is 18.0 Å². The number of nitrogens with zero attached hydrogens (tertiary/aromatic N) is 4. The zero-order valence-electron chi connectivity index (χ0n) is 9.43. The van der Waals surface area contributed by atoms with Gasteiger partial charge in [-0.2, -0.15) is 5.10 Å². The van der Waals surface area contributed by atoms with Gasteiger partial charge in [-0.15, -0.1) is 0 Å². The number of hydrogen-bond acceptors (Lipinski definition) is 5. The van der Waals surface area contributed by atoms with Crippen molar-refractivity contribution in [1.82, 2.24) is 19.7 Å². The smallest absolute Gasteiger partial charge is 0.221 e. The maximum atomic E-state index is 5.57. The molecule has 0 bridgehead atoms. The van der Waals surface area contributed by atoms with E-state index in [0.29, 0.717) is 5.95 Å².